The van der Waals surface area contributed by atoms with Crippen LogP contribution in [-0.2, 0) is 11.8 Å². The standard InChI is InChI=1S/C11H16N4O/c1-15-8-9(6-14-15)11(5-12)13-7-10-3-2-4-16-10/h6,8,10-11,13H,2-4,7H2,1H3. The summed E-state index contributed by atoms with van der Waals surface area (Å²) in [5.41, 5.74) is 0.906. The highest BCUT2D eigenvalue weighted by Gasteiger charge is 2.18. The fourth-order valence-electron chi connectivity index (χ4n) is 1.88. The molecule has 1 aromatic heterocycles. The Balaban J connectivity index is 1.88. The van der Waals surface area contributed by atoms with Gasteiger partial charge in [-0.05, 0) is 12.8 Å². The van der Waals surface area contributed by atoms with E-state index in [4.69, 9.17) is 10.00 Å². The lowest BCUT2D eigenvalue weighted by molar-refractivity contribution is 0.109. The Kier molecular flexibility index (Phi) is 3.54. The van der Waals surface area contributed by atoms with Crippen LogP contribution >= 0.6 is 0 Å². The molecule has 0 aliphatic carbocycles. The highest BCUT2D eigenvalue weighted by Crippen LogP contribution is 2.14. The van der Waals surface area contributed by atoms with E-state index in [0.29, 0.717) is 0 Å². The smallest absolute Gasteiger partial charge is 0.124 e. The lowest BCUT2D eigenvalue weighted by Gasteiger charge is -2.13. The molecule has 2 heterocycles. The van der Waals surface area contributed by atoms with Crippen LogP contribution < -0.4 is 5.32 Å². The van der Waals surface area contributed by atoms with Gasteiger partial charge in [0.05, 0.1) is 18.4 Å². The van der Waals surface area contributed by atoms with Crippen LogP contribution in [0, 0.1) is 11.3 Å². The van der Waals surface area contributed by atoms with Crippen molar-refractivity contribution in [2.75, 3.05) is 13.2 Å². The minimum atomic E-state index is -0.294. The number of nitriles is 1. The summed E-state index contributed by atoms with van der Waals surface area (Å²) in [5.74, 6) is 0. The molecule has 0 spiro atoms. The largest absolute Gasteiger partial charge is 0.377 e. The van der Waals surface area contributed by atoms with Gasteiger partial charge in [0.2, 0.25) is 0 Å². The quantitative estimate of drug-likeness (QED) is 0.813. The molecule has 1 aliphatic heterocycles. The van der Waals surface area contributed by atoms with Crippen molar-refractivity contribution in [1.29, 1.82) is 5.26 Å². The number of aryl methyl sites for hydroxylation is 1. The van der Waals surface area contributed by atoms with Gasteiger partial charge < -0.3 is 4.74 Å². The Morgan fingerprint density at radius 2 is 2.69 bits per heavy atom. The van der Waals surface area contributed by atoms with E-state index >= 15 is 0 Å². The number of hydrogen-bond donors (Lipinski definition) is 1. The van der Waals surface area contributed by atoms with Crippen molar-refractivity contribution in [3.05, 3.63) is 18.0 Å². The highest BCUT2D eigenvalue weighted by molar-refractivity contribution is 5.17. The van der Waals surface area contributed by atoms with Gasteiger partial charge >= 0.3 is 0 Å². The van der Waals surface area contributed by atoms with Crippen molar-refractivity contribution in [3.8, 4) is 6.07 Å². The van der Waals surface area contributed by atoms with Gasteiger partial charge in [-0.25, -0.2) is 0 Å². The molecule has 1 saturated heterocycles. The summed E-state index contributed by atoms with van der Waals surface area (Å²) in [5, 5.41) is 16.3. The molecule has 0 radical (unpaired) electrons. The van der Waals surface area contributed by atoms with E-state index in [1.165, 1.54) is 0 Å². The Hall–Kier alpha value is -1.38. The molecule has 1 N–H and O–H groups in total. The number of hydrogen-bond acceptors (Lipinski definition) is 4. The molecule has 86 valence electrons. The molecule has 2 unspecified atom stereocenters. The zero-order chi connectivity index (χ0) is 11.4. The summed E-state index contributed by atoms with van der Waals surface area (Å²) in [4.78, 5) is 0. The van der Waals surface area contributed by atoms with E-state index in [1.807, 2.05) is 13.2 Å². The molecule has 16 heavy (non-hydrogen) atoms. The van der Waals surface area contributed by atoms with Crippen LogP contribution in [0.25, 0.3) is 0 Å². The molecule has 0 bridgehead atoms. The number of aromatic nitrogens is 2. The van der Waals surface area contributed by atoms with E-state index in [0.717, 1.165) is 31.6 Å². The monoisotopic (exact) mass is 220 g/mol. The van der Waals surface area contributed by atoms with E-state index in [1.54, 1.807) is 10.9 Å². The van der Waals surface area contributed by atoms with Crippen LogP contribution in [0.1, 0.15) is 24.4 Å². The highest BCUT2D eigenvalue weighted by atomic mass is 16.5. The summed E-state index contributed by atoms with van der Waals surface area (Å²) >= 11 is 0. The van der Waals surface area contributed by atoms with Gasteiger partial charge in [0.15, 0.2) is 0 Å². The van der Waals surface area contributed by atoms with Gasteiger partial charge in [-0.15, -0.1) is 0 Å². The molecule has 5 heteroatoms. The first-order valence-electron chi connectivity index (χ1n) is 5.53. The number of rotatable bonds is 4. The minimum Gasteiger partial charge on any atom is -0.377 e. The second-order valence-corrected chi connectivity index (χ2v) is 4.05. The SMILES string of the molecule is Cn1cc(C(C#N)NCC2CCCO2)cn1. The summed E-state index contributed by atoms with van der Waals surface area (Å²) in [6.07, 6.45) is 6.04. The van der Waals surface area contributed by atoms with Crippen LogP contribution in [0.3, 0.4) is 0 Å². The van der Waals surface area contributed by atoms with Gasteiger partial charge in [-0.2, -0.15) is 10.4 Å². The van der Waals surface area contributed by atoms with Crippen LogP contribution in [0.5, 0.6) is 0 Å². The van der Waals surface area contributed by atoms with Crippen molar-refractivity contribution in [2.24, 2.45) is 7.05 Å². The predicted octanol–water partition coefficient (Wildman–Crippen LogP) is 0.753. The maximum atomic E-state index is 9.07. The molecule has 1 fully saturated rings. The molecular weight excluding hydrogens is 204 g/mol. The fraction of sp³-hybridized carbons (Fsp3) is 0.636. The van der Waals surface area contributed by atoms with Gasteiger partial charge in [0.25, 0.3) is 0 Å². The van der Waals surface area contributed by atoms with Gasteiger partial charge in [0.1, 0.15) is 6.04 Å². The molecular formula is C11H16N4O. The van der Waals surface area contributed by atoms with Crippen molar-refractivity contribution >= 4 is 0 Å². The third-order valence-corrected chi connectivity index (χ3v) is 2.76. The minimum absolute atomic E-state index is 0.257. The van der Waals surface area contributed by atoms with Crippen molar-refractivity contribution in [1.82, 2.24) is 15.1 Å². The zero-order valence-corrected chi connectivity index (χ0v) is 9.39. The molecule has 1 aliphatic rings. The summed E-state index contributed by atoms with van der Waals surface area (Å²) in [6, 6.07) is 1.94. The topological polar surface area (TPSA) is 62.9 Å². The normalized spacial score (nSPS) is 21.9. The second-order valence-electron chi connectivity index (χ2n) is 4.05. The lowest BCUT2D eigenvalue weighted by Crippen LogP contribution is -2.29. The Labute approximate surface area is 95.0 Å². The average Bonchev–Trinajstić information content (AvgIpc) is 2.91. The third-order valence-electron chi connectivity index (χ3n) is 2.76. The Morgan fingerprint density at radius 3 is 3.25 bits per heavy atom. The van der Waals surface area contributed by atoms with Gasteiger partial charge in [-0.1, -0.05) is 0 Å². The van der Waals surface area contributed by atoms with E-state index in [9.17, 15) is 0 Å². The number of nitrogens with one attached hydrogen (secondary N) is 1. The maximum Gasteiger partial charge on any atom is 0.124 e. The van der Waals surface area contributed by atoms with Crippen molar-refractivity contribution < 1.29 is 4.74 Å². The van der Waals surface area contributed by atoms with Crippen LogP contribution in [-0.4, -0.2) is 29.0 Å². The van der Waals surface area contributed by atoms with Crippen LogP contribution in [0.4, 0.5) is 0 Å². The third kappa shape index (κ3) is 2.60. The first-order chi connectivity index (χ1) is 7.79. The molecule has 0 saturated carbocycles. The summed E-state index contributed by atoms with van der Waals surface area (Å²) < 4.78 is 7.20. The van der Waals surface area contributed by atoms with E-state index in [2.05, 4.69) is 16.5 Å². The summed E-state index contributed by atoms with van der Waals surface area (Å²) in [6.45, 7) is 1.57. The first kappa shape index (κ1) is 11.1. The molecule has 1 aromatic rings. The van der Waals surface area contributed by atoms with Gasteiger partial charge in [-0.3, -0.25) is 10.00 Å². The first-order valence-corrected chi connectivity index (χ1v) is 5.53. The molecule has 2 rings (SSSR count). The molecule has 0 aromatic carbocycles. The Morgan fingerprint density at radius 1 is 1.81 bits per heavy atom. The van der Waals surface area contributed by atoms with E-state index < -0.39 is 0 Å². The van der Waals surface area contributed by atoms with Crippen molar-refractivity contribution in [3.63, 3.8) is 0 Å². The van der Waals surface area contributed by atoms with Crippen LogP contribution in [0.2, 0.25) is 0 Å². The number of nitrogens with zero attached hydrogens (tertiary/aromatic N) is 3. The van der Waals surface area contributed by atoms with Crippen LogP contribution in [0.15, 0.2) is 12.4 Å². The molecule has 0 amide bonds. The van der Waals surface area contributed by atoms with E-state index in [-0.39, 0.29) is 12.1 Å². The summed E-state index contributed by atoms with van der Waals surface area (Å²) in [7, 11) is 1.85. The second kappa shape index (κ2) is 5.10. The fourth-order valence-corrected chi connectivity index (χ4v) is 1.88. The lowest BCUT2D eigenvalue weighted by atomic mass is 10.1. The van der Waals surface area contributed by atoms with Gasteiger partial charge in [0, 0.05) is 32.0 Å². The Bertz CT molecular complexity index is 376. The zero-order valence-electron chi connectivity index (χ0n) is 9.39. The number of ether oxygens (including phenoxy) is 1. The molecule has 2 atom stereocenters. The maximum absolute atomic E-state index is 9.07. The molecule has 5 nitrogen and oxygen atoms in total. The average molecular weight is 220 g/mol. The predicted molar refractivity (Wildman–Crippen MR) is 58.5 cm³/mol. The van der Waals surface area contributed by atoms with Crippen molar-refractivity contribution in [2.45, 2.75) is 25.0 Å².